The predicted octanol–water partition coefficient (Wildman–Crippen LogP) is 0.525. The second kappa shape index (κ2) is 4.94. The van der Waals surface area contributed by atoms with Crippen LogP contribution in [0.1, 0.15) is 16.2 Å². The van der Waals surface area contributed by atoms with Gasteiger partial charge in [-0.1, -0.05) is 0 Å². The maximum atomic E-state index is 11.6. The minimum absolute atomic E-state index is 0.0666. The molecule has 6 nitrogen and oxygen atoms in total. The number of aliphatic hydroxyl groups excluding tert-OH is 1. The molecule has 0 saturated heterocycles. The quantitative estimate of drug-likeness (QED) is 0.532. The number of carbonyl (C=O) groups excluding carboxylic acids is 1. The second-order valence-electron chi connectivity index (χ2n) is 3.56. The Morgan fingerprint density at radius 3 is 3.18 bits per heavy atom. The first kappa shape index (κ1) is 11.6. The maximum Gasteiger partial charge on any atom is 0.274 e. The summed E-state index contributed by atoms with van der Waals surface area (Å²) >= 11 is 0. The Bertz CT molecular complexity index is 536. The third kappa shape index (κ3) is 2.61. The standard InChI is InChI=1S/C11H13N3O3/c1-7-12-9-3-2-8(6-10(9)13-7)11(16)14-17-5-4-15/h2-3,6,15H,4-5H2,1H3,(H,12,13)(H,14,16). The highest BCUT2D eigenvalue weighted by atomic mass is 16.7. The van der Waals surface area contributed by atoms with Crippen LogP contribution in [-0.4, -0.2) is 34.2 Å². The van der Waals surface area contributed by atoms with Gasteiger partial charge in [0, 0.05) is 5.56 Å². The number of hydrogen-bond acceptors (Lipinski definition) is 4. The van der Waals surface area contributed by atoms with E-state index in [-0.39, 0.29) is 19.1 Å². The Labute approximate surface area is 97.6 Å². The van der Waals surface area contributed by atoms with E-state index < -0.39 is 0 Å². The minimum Gasteiger partial charge on any atom is -0.394 e. The zero-order valence-electron chi connectivity index (χ0n) is 9.36. The fraction of sp³-hybridized carbons (Fsp3) is 0.273. The van der Waals surface area contributed by atoms with Crippen molar-refractivity contribution >= 4 is 16.9 Å². The molecule has 0 saturated carbocycles. The van der Waals surface area contributed by atoms with Gasteiger partial charge in [0.15, 0.2) is 0 Å². The number of benzene rings is 1. The molecule has 3 N–H and O–H groups in total. The van der Waals surface area contributed by atoms with E-state index in [9.17, 15) is 4.79 Å². The van der Waals surface area contributed by atoms with Crippen molar-refractivity contribution in [1.82, 2.24) is 15.4 Å². The Morgan fingerprint density at radius 2 is 2.41 bits per heavy atom. The van der Waals surface area contributed by atoms with Gasteiger partial charge in [0.2, 0.25) is 0 Å². The maximum absolute atomic E-state index is 11.6. The van der Waals surface area contributed by atoms with E-state index in [0.717, 1.165) is 16.9 Å². The van der Waals surface area contributed by atoms with Crippen LogP contribution in [0, 0.1) is 6.92 Å². The molecule has 0 radical (unpaired) electrons. The van der Waals surface area contributed by atoms with E-state index in [4.69, 9.17) is 9.94 Å². The topological polar surface area (TPSA) is 87.2 Å². The molecule has 90 valence electrons. The van der Waals surface area contributed by atoms with Crippen LogP contribution in [0.3, 0.4) is 0 Å². The number of carbonyl (C=O) groups is 1. The zero-order chi connectivity index (χ0) is 12.3. The van der Waals surface area contributed by atoms with E-state index >= 15 is 0 Å². The van der Waals surface area contributed by atoms with Crippen LogP contribution in [0.15, 0.2) is 18.2 Å². The number of aromatic amines is 1. The number of hydroxylamine groups is 1. The third-order valence-electron chi connectivity index (χ3n) is 2.22. The van der Waals surface area contributed by atoms with Gasteiger partial charge in [0.1, 0.15) is 5.82 Å². The first-order valence-electron chi connectivity index (χ1n) is 5.20. The third-order valence-corrected chi connectivity index (χ3v) is 2.22. The van der Waals surface area contributed by atoms with Gasteiger partial charge in [-0.15, -0.1) is 0 Å². The molecule has 0 aliphatic heterocycles. The molecule has 1 aromatic carbocycles. The normalized spacial score (nSPS) is 10.7. The predicted molar refractivity (Wildman–Crippen MR) is 61.3 cm³/mol. The van der Waals surface area contributed by atoms with Crippen molar-refractivity contribution in [3.8, 4) is 0 Å². The lowest BCUT2D eigenvalue weighted by Gasteiger charge is -2.04. The molecule has 2 rings (SSSR count). The van der Waals surface area contributed by atoms with Crippen LogP contribution >= 0.6 is 0 Å². The molecule has 6 heteroatoms. The first-order chi connectivity index (χ1) is 8.20. The molecular formula is C11H13N3O3. The number of aryl methyl sites for hydroxylation is 1. The SMILES string of the molecule is Cc1nc2ccc(C(=O)NOCCO)cc2[nH]1. The van der Waals surface area contributed by atoms with Crippen molar-refractivity contribution in [3.05, 3.63) is 29.6 Å². The summed E-state index contributed by atoms with van der Waals surface area (Å²) in [5.74, 6) is 0.446. The lowest BCUT2D eigenvalue weighted by Crippen LogP contribution is -2.25. The molecule has 0 spiro atoms. The minimum atomic E-state index is -0.354. The van der Waals surface area contributed by atoms with Crippen LogP contribution in [0.25, 0.3) is 11.0 Å². The Kier molecular flexibility index (Phi) is 3.36. The molecule has 1 heterocycles. The summed E-state index contributed by atoms with van der Waals surface area (Å²) in [6, 6.07) is 5.13. The second-order valence-corrected chi connectivity index (χ2v) is 3.56. The molecule has 0 unspecified atom stereocenters. The summed E-state index contributed by atoms with van der Waals surface area (Å²) < 4.78 is 0. The number of imidazole rings is 1. The van der Waals surface area contributed by atoms with Crippen molar-refractivity contribution in [1.29, 1.82) is 0 Å². The first-order valence-corrected chi connectivity index (χ1v) is 5.20. The number of rotatable bonds is 4. The highest BCUT2D eigenvalue weighted by Gasteiger charge is 2.07. The van der Waals surface area contributed by atoms with Crippen molar-refractivity contribution in [2.75, 3.05) is 13.2 Å². The number of nitrogens with zero attached hydrogens (tertiary/aromatic N) is 1. The Morgan fingerprint density at radius 1 is 1.59 bits per heavy atom. The van der Waals surface area contributed by atoms with Gasteiger partial charge in [-0.05, 0) is 25.1 Å². The smallest absolute Gasteiger partial charge is 0.274 e. The molecule has 0 bridgehead atoms. The van der Waals surface area contributed by atoms with Gasteiger partial charge < -0.3 is 10.1 Å². The van der Waals surface area contributed by atoms with E-state index in [1.807, 2.05) is 6.92 Å². The van der Waals surface area contributed by atoms with Gasteiger partial charge >= 0.3 is 0 Å². The summed E-state index contributed by atoms with van der Waals surface area (Å²) in [6.07, 6.45) is 0. The van der Waals surface area contributed by atoms with Gasteiger partial charge in [-0.25, -0.2) is 10.5 Å². The lowest BCUT2D eigenvalue weighted by atomic mass is 10.2. The summed E-state index contributed by atoms with van der Waals surface area (Å²) in [7, 11) is 0. The van der Waals surface area contributed by atoms with Crippen LogP contribution in [0.5, 0.6) is 0 Å². The van der Waals surface area contributed by atoms with Crippen LogP contribution in [0.2, 0.25) is 0 Å². The highest BCUT2D eigenvalue weighted by Crippen LogP contribution is 2.13. The molecule has 2 aromatic rings. The lowest BCUT2D eigenvalue weighted by molar-refractivity contribution is 0.0168. The average molecular weight is 235 g/mol. The number of hydrogen-bond donors (Lipinski definition) is 3. The average Bonchev–Trinajstić information content (AvgIpc) is 2.68. The molecule has 0 aliphatic carbocycles. The van der Waals surface area contributed by atoms with Crippen molar-refractivity contribution < 1.29 is 14.7 Å². The van der Waals surface area contributed by atoms with E-state index in [0.29, 0.717) is 5.56 Å². The van der Waals surface area contributed by atoms with E-state index in [2.05, 4.69) is 15.4 Å². The molecule has 0 aliphatic rings. The van der Waals surface area contributed by atoms with Crippen molar-refractivity contribution in [2.24, 2.45) is 0 Å². The number of aliphatic hydroxyl groups is 1. The Balaban J connectivity index is 2.15. The highest BCUT2D eigenvalue weighted by molar-refractivity contribution is 5.96. The number of aromatic nitrogens is 2. The van der Waals surface area contributed by atoms with Gasteiger partial charge in [0.05, 0.1) is 24.2 Å². The number of H-pyrrole nitrogens is 1. The number of fused-ring (bicyclic) bond motifs is 1. The molecule has 1 amide bonds. The zero-order valence-corrected chi connectivity index (χ0v) is 9.36. The summed E-state index contributed by atoms with van der Waals surface area (Å²) in [5, 5.41) is 8.50. The van der Waals surface area contributed by atoms with Crippen molar-refractivity contribution in [2.45, 2.75) is 6.92 Å². The molecule has 17 heavy (non-hydrogen) atoms. The van der Waals surface area contributed by atoms with E-state index in [1.165, 1.54) is 0 Å². The number of amides is 1. The van der Waals surface area contributed by atoms with Crippen LogP contribution < -0.4 is 5.48 Å². The summed E-state index contributed by atoms with van der Waals surface area (Å²) in [5.41, 5.74) is 4.33. The molecule has 0 atom stereocenters. The molecular weight excluding hydrogens is 222 g/mol. The van der Waals surface area contributed by atoms with Gasteiger partial charge in [0.25, 0.3) is 5.91 Å². The molecule has 1 aromatic heterocycles. The Hall–Kier alpha value is -1.92. The monoisotopic (exact) mass is 235 g/mol. The summed E-state index contributed by atoms with van der Waals surface area (Å²) in [6.45, 7) is 1.78. The van der Waals surface area contributed by atoms with E-state index in [1.54, 1.807) is 18.2 Å². The van der Waals surface area contributed by atoms with Gasteiger partial charge in [-0.3, -0.25) is 9.63 Å². The van der Waals surface area contributed by atoms with Crippen molar-refractivity contribution in [3.63, 3.8) is 0 Å². The largest absolute Gasteiger partial charge is 0.394 e. The van der Waals surface area contributed by atoms with Gasteiger partial charge in [-0.2, -0.15) is 0 Å². The van der Waals surface area contributed by atoms with Crippen LogP contribution in [0.4, 0.5) is 0 Å². The summed E-state index contributed by atoms with van der Waals surface area (Å²) in [4.78, 5) is 23.6. The number of nitrogens with one attached hydrogen (secondary N) is 2. The van der Waals surface area contributed by atoms with Crippen LogP contribution in [-0.2, 0) is 4.84 Å². The fourth-order valence-electron chi connectivity index (χ4n) is 1.50. The molecule has 0 fully saturated rings. The fourth-order valence-corrected chi connectivity index (χ4v) is 1.50.